The third-order valence-corrected chi connectivity index (χ3v) is 3.42. The van der Waals surface area contributed by atoms with Crippen molar-refractivity contribution >= 4 is 7.12 Å². The van der Waals surface area contributed by atoms with Crippen LogP contribution in [0.1, 0.15) is 47.0 Å². The molecule has 0 bridgehead atoms. The molecule has 1 rings (SSSR count). The predicted molar refractivity (Wildman–Crippen MR) is 67.9 cm³/mol. The van der Waals surface area contributed by atoms with Gasteiger partial charge < -0.3 is 4.81 Å². The van der Waals surface area contributed by atoms with Crippen molar-refractivity contribution in [1.29, 1.82) is 0 Å². The van der Waals surface area contributed by atoms with E-state index in [0.717, 1.165) is 19.3 Å². The minimum atomic E-state index is -0.796. The van der Waals surface area contributed by atoms with E-state index in [9.17, 15) is 0 Å². The fourth-order valence-corrected chi connectivity index (χ4v) is 2.86. The highest BCUT2D eigenvalue weighted by Crippen LogP contribution is 2.39. The Morgan fingerprint density at radius 1 is 1.00 bits per heavy atom. The van der Waals surface area contributed by atoms with Crippen molar-refractivity contribution < 1.29 is 0 Å². The molecule has 7 nitrogen and oxygen atoms in total. The molecular formula is C9H18BN7. The molecule has 0 unspecified atom stereocenters. The van der Waals surface area contributed by atoms with Crippen LogP contribution in [-0.4, -0.2) is 23.0 Å². The van der Waals surface area contributed by atoms with E-state index in [4.69, 9.17) is 11.1 Å². The van der Waals surface area contributed by atoms with Crippen molar-refractivity contribution in [2.75, 3.05) is 0 Å². The van der Waals surface area contributed by atoms with Crippen LogP contribution in [0.5, 0.6) is 0 Å². The monoisotopic (exact) mass is 235 g/mol. The Labute approximate surface area is 102 Å². The molecule has 0 saturated carbocycles. The van der Waals surface area contributed by atoms with Crippen LogP contribution in [0.4, 0.5) is 0 Å². The van der Waals surface area contributed by atoms with Crippen LogP contribution in [0.2, 0.25) is 0 Å². The van der Waals surface area contributed by atoms with Crippen molar-refractivity contribution in [2.45, 2.75) is 58.0 Å². The molecule has 8 heteroatoms. The SMILES string of the molecule is CC1(C)CCCC(C)(C)N1B(N=[N+]=[N-])N=[N+]=[N-]. The third kappa shape index (κ3) is 2.85. The van der Waals surface area contributed by atoms with Crippen molar-refractivity contribution in [3.63, 3.8) is 0 Å². The lowest BCUT2D eigenvalue weighted by molar-refractivity contribution is 0.0480. The van der Waals surface area contributed by atoms with Crippen LogP contribution in [0.25, 0.3) is 20.9 Å². The molecular weight excluding hydrogens is 217 g/mol. The van der Waals surface area contributed by atoms with Crippen molar-refractivity contribution in [3.8, 4) is 0 Å². The Hall–Kier alpha value is -1.36. The topological polar surface area (TPSA) is 101 Å². The van der Waals surface area contributed by atoms with Gasteiger partial charge in [0.15, 0.2) is 0 Å². The van der Waals surface area contributed by atoms with E-state index in [-0.39, 0.29) is 11.1 Å². The third-order valence-electron chi connectivity index (χ3n) is 3.42. The Morgan fingerprint density at radius 3 is 1.76 bits per heavy atom. The molecule has 1 aliphatic heterocycles. The van der Waals surface area contributed by atoms with E-state index in [2.05, 4.69) is 47.6 Å². The van der Waals surface area contributed by atoms with Gasteiger partial charge in [-0.25, -0.2) is 0 Å². The first kappa shape index (κ1) is 13.7. The Balaban J connectivity index is 3.18. The van der Waals surface area contributed by atoms with Gasteiger partial charge in [-0.1, -0.05) is 0 Å². The van der Waals surface area contributed by atoms with Gasteiger partial charge in [-0.15, -0.1) is 10.1 Å². The number of nitrogens with zero attached hydrogens (tertiary/aromatic N) is 7. The second kappa shape index (κ2) is 4.88. The zero-order chi connectivity index (χ0) is 13.1. The summed E-state index contributed by atoms with van der Waals surface area (Å²) in [6.45, 7) is 8.34. The molecule has 0 radical (unpaired) electrons. The smallest absolute Gasteiger partial charge is 0.324 e. The second-order valence-electron chi connectivity index (χ2n) is 5.60. The van der Waals surface area contributed by atoms with Crippen LogP contribution in [0.3, 0.4) is 0 Å². The number of piperidine rings is 1. The summed E-state index contributed by atoms with van der Waals surface area (Å²) in [7, 11) is -0.796. The molecule has 1 fully saturated rings. The zero-order valence-corrected chi connectivity index (χ0v) is 10.8. The highest BCUT2D eigenvalue weighted by Gasteiger charge is 2.45. The fraction of sp³-hybridized carbons (Fsp3) is 1.00. The lowest BCUT2D eigenvalue weighted by Crippen LogP contribution is -2.63. The summed E-state index contributed by atoms with van der Waals surface area (Å²) in [5.74, 6) is 0. The van der Waals surface area contributed by atoms with E-state index in [1.807, 2.05) is 4.81 Å². The molecule has 1 aliphatic rings. The highest BCUT2D eigenvalue weighted by molar-refractivity contribution is 6.52. The molecule has 0 aromatic rings. The minimum absolute atomic E-state index is 0.144. The van der Waals surface area contributed by atoms with Gasteiger partial charge in [0.2, 0.25) is 0 Å². The van der Waals surface area contributed by atoms with Gasteiger partial charge >= 0.3 is 7.12 Å². The van der Waals surface area contributed by atoms with E-state index < -0.39 is 7.12 Å². The molecule has 0 aromatic carbocycles. The molecule has 17 heavy (non-hydrogen) atoms. The summed E-state index contributed by atoms with van der Waals surface area (Å²) in [4.78, 5) is 7.58. The first-order chi connectivity index (χ1) is 7.85. The lowest BCUT2D eigenvalue weighted by atomic mass is 9.71. The van der Waals surface area contributed by atoms with Crippen LogP contribution in [0.15, 0.2) is 10.1 Å². The molecule has 0 aromatic heterocycles. The normalized spacial score (nSPS) is 22.1. The summed E-state index contributed by atoms with van der Waals surface area (Å²) >= 11 is 0. The molecule has 0 N–H and O–H groups in total. The molecule has 1 heterocycles. The van der Waals surface area contributed by atoms with Gasteiger partial charge in [-0.2, -0.15) is 0 Å². The average Bonchev–Trinajstić information content (AvgIpc) is 2.15. The van der Waals surface area contributed by atoms with Gasteiger partial charge in [0.1, 0.15) is 0 Å². The Kier molecular flexibility index (Phi) is 3.93. The Morgan fingerprint density at radius 2 is 1.41 bits per heavy atom. The van der Waals surface area contributed by atoms with Crippen LogP contribution in [-0.2, 0) is 0 Å². The summed E-state index contributed by atoms with van der Waals surface area (Å²) in [5.41, 5.74) is 16.9. The summed E-state index contributed by atoms with van der Waals surface area (Å²) in [6.07, 6.45) is 3.11. The summed E-state index contributed by atoms with van der Waals surface area (Å²) in [5, 5.41) is 7.23. The Bertz CT molecular complexity index is 345. The summed E-state index contributed by atoms with van der Waals surface area (Å²) < 4.78 is 0. The fourth-order valence-electron chi connectivity index (χ4n) is 2.86. The van der Waals surface area contributed by atoms with E-state index in [0.29, 0.717) is 0 Å². The molecule has 0 spiro atoms. The quantitative estimate of drug-likeness (QED) is 0.317. The van der Waals surface area contributed by atoms with Crippen LogP contribution < -0.4 is 0 Å². The van der Waals surface area contributed by atoms with Crippen LogP contribution >= 0.6 is 0 Å². The lowest BCUT2D eigenvalue weighted by Gasteiger charge is -2.54. The van der Waals surface area contributed by atoms with Gasteiger partial charge in [0, 0.05) is 11.1 Å². The van der Waals surface area contributed by atoms with Gasteiger partial charge in [-0.05, 0) is 67.8 Å². The number of azide groups is 1. The molecule has 0 atom stereocenters. The van der Waals surface area contributed by atoms with Gasteiger partial charge in [-0.3, -0.25) is 0 Å². The van der Waals surface area contributed by atoms with E-state index >= 15 is 0 Å². The largest absolute Gasteiger partial charge is 0.421 e. The highest BCUT2D eigenvalue weighted by atomic mass is 15.3. The number of hydrogen-bond acceptors (Lipinski definition) is 3. The number of hydrogen-bond donors (Lipinski definition) is 0. The van der Waals surface area contributed by atoms with Crippen molar-refractivity contribution in [2.24, 2.45) is 10.1 Å². The first-order valence-corrected chi connectivity index (χ1v) is 5.73. The van der Waals surface area contributed by atoms with E-state index in [1.54, 1.807) is 0 Å². The van der Waals surface area contributed by atoms with E-state index in [1.165, 1.54) is 0 Å². The summed E-state index contributed by atoms with van der Waals surface area (Å²) in [6, 6.07) is 0. The minimum Gasteiger partial charge on any atom is -0.324 e. The van der Waals surface area contributed by atoms with Gasteiger partial charge in [0.25, 0.3) is 0 Å². The second-order valence-corrected chi connectivity index (χ2v) is 5.60. The maximum absolute atomic E-state index is 8.58. The maximum atomic E-state index is 8.58. The zero-order valence-electron chi connectivity index (χ0n) is 10.8. The predicted octanol–water partition coefficient (Wildman–Crippen LogP) is 3.64. The molecule has 0 aliphatic carbocycles. The van der Waals surface area contributed by atoms with Crippen molar-refractivity contribution in [3.05, 3.63) is 20.9 Å². The standard InChI is InChI=1S/C9H18BN7/c1-8(2)6-5-7-9(3,4)17(8)10(13-15-11)14-16-12/h5-7H2,1-4H3. The average molecular weight is 235 g/mol. The maximum Gasteiger partial charge on any atom is 0.421 e. The number of rotatable bonds is 3. The van der Waals surface area contributed by atoms with Crippen molar-refractivity contribution in [1.82, 2.24) is 4.81 Å². The first-order valence-electron chi connectivity index (χ1n) is 5.73. The molecule has 0 amide bonds. The van der Waals surface area contributed by atoms with Crippen LogP contribution in [0, 0.1) is 0 Å². The van der Waals surface area contributed by atoms with Gasteiger partial charge in [0.05, 0.1) is 0 Å². The molecule has 1 saturated heterocycles. The molecule has 92 valence electrons.